The van der Waals surface area contributed by atoms with Crippen molar-refractivity contribution in [3.63, 3.8) is 0 Å². The Bertz CT molecular complexity index is 1410. The van der Waals surface area contributed by atoms with Gasteiger partial charge in [-0.2, -0.15) is 0 Å². The molecular formula is C28H25N3O5. The van der Waals surface area contributed by atoms with E-state index >= 15 is 0 Å². The molecule has 182 valence electrons. The maximum Gasteiger partial charge on any atom is 0.291 e. The lowest BCUT2D eigenvalue weighted by atomic mass is 10.1. The van der Waals surface area contributed by atoms with Crippen molar-refractivity contribution in [1.82, 2.24) is 0 Å². The summed E-state index contributed by atoms with van der Waals surface area (Å²) in [6.07, 6.45) is 1.46. The summed E-state index contributed by atoms with van der Waals surface area (Å²) in [6, 6.07) is 21.4. The quantitative estimate of drug-likeness (QED) is 0.385. The van der Waals surface area contributed by atoms with Gasteiger partial charge in [-0.05, 0) is 54.4 Å². The minimum absolute atomic E-state index is 0.0456. The Hall–Kier alpha value is -4.59. The molecule has 3 amide bonds. The molecule has 8 heteroatoms. The number of methoxy groups -OCH3 is 1. The summed E-state index contributed by atoms with van der Waals surface area (Å²) in [7, 11) is 1.56. The first-order valence-electron chi connectivity index (χ1n) is 11.7. The molecular weight excluding hydrogens is 458 g/mol. The minimum atomic E-state index is -0.344. The number of rotatable bonds is 7. The monoisotopic (exact) mass is 483 g/mol. The fraction of sp³-hybridized carbons (Fsp3) is 0.179. The van der Waals surface area contributed by atoms with E-state index in [4.69, 9.17) is 9.15 Å². The molecule has 0 radical (unpaired) electrons. The molecule has 0 saturated carbocycles. The Morgan fingerprint density at radius 1 is 0.972 bits per heavy atom. The van der Waals surface area contributed by atoms with Crippen LogP contribution in [0.15, 0.2) is 77.2 Å². The zero-order chi connectivity index (χ0) is 25.1. The molecule has 8 nitrogen and oxygen atoms in total. The third-order valence-electron chi connectivity index (χ3n) is 6.05. The van der Waals surface area contributed by atoms with Gasteiger partial charge < -0.3 is 24.7 Å². The van der Waals surface area contributed by atoms with Crippen LogP contribution in [0.2, 0.25) is 0 Å². The van der Waals surface area contributed by atoms with E-state index in [0.717, 1.165) is 17.4 Å². The van der Waals surface area contributed by atoms with E-state index in [1.54, 1.807) is 60.5 Å². The van der Waals surface area contributed by atoms with Crippen LogP contribution in [0.1, 0.15) is 29.0 Å². The van der Waals surface area contributed by atoms with Gasteiger partial charge in [-0.25, -0.2) is 0 Å². The SMILES string of the molecule is COc1ccc(NC(=O)Cc2ccc(NC(=O)c3cc4ccccc4o3)cc2)cc1N1CCCC1=O. The van der Waals surface area contributed by atoms with E-state index < -0.39 is 0 Å². The predicted octanol–water partition coefficient (Wildman–Crippen LogP) is 5.00. The van der Waals surface area contributed by atoms with E-state index in [1.807, 2.05) is 24.3 Å². The van der Waals surface area contributed by atoms with Crippen molar-refractivity contribution < 1.29 is 23.5 Å². The third-order valence-corrected chi connectivity index (χ3v) is 6.05. The van der Waals surface area contributed by atoms with Gasteiger partial charge in [0.1, 0.15) is 11.3 Å². The van der Waals surface area contributed by atoms with Crippen LogP contribution in [-0.4, -0.2) is 31.4 Å². The number of ether oxygens (including phenoxy) is 1. The minimum Gasteiger partial charge on any atom is -0.495 e. The van der Waals surface area contributed by atoms with E-state index in [2.05, 4.69) is 10.6 Å². The predicted molar refractivity (Wildman–Crippen MR) is 138 cm³/mol. The number of carbonyl (C=O) groups is 3. The Morgan fingerprint density at radius 3 is 2.47 bits per heavy atom. The first kappa shape index (κ1) is 23.2. The lowest BCUT2D eigenvalue weighted by molar-refractivity contribution is -0.117. The van der Waals surface area contributed by atoms with Crippen LogP contribution in [0.3, 0.4) is 0 Å². The number of nitrogens with zero attached hydrogens (tertiary/aromatic N) is 1. The fourth-order valence-corrected chi connectivity index (χ4v) is 4.26. The summed E-state index contributed by atoms with van der Waals surface area (Å²) in [5.41, 5.74) is 3.28. The highest BCUT2D eigenvalue weighted by molar-refractivity contribution is 6.04. The van der Waals surface area contributed by atoms with E-state index in [0.29, 0.717) is 41.4 Å². The van der Waals surface area contributed by atoms with Crippen LogP contribution in [0, 0.1) is 0 Å². The first-order valence-corrected chi connectivity index (χ1v) is 11.7. The largest absolute Gasteiger partial charge is 0.495 e. The molecule has 4 aromatic rings. The van der Waals surface area contributed by atoms with Crippen LogP contribution < -0.4 is 20.3 Å². The zero-order valence-corrected chi connectivity index (χ0v) is 19.7. The van der Waals surface area contributed by atoms with Crippen LogP contribution >= 0.6 is 0 Å². The fourth-order valence-electron chi connectivity index (χ4n) is 4.26. The van der Waals surface area contributed by atoms with Gasteiger partial charge >= 0.3 is 0 Å². The van der Waals surface area contributed by atoms with Crippen LogP contribution in [0.4, 0.5) is 17.1 Å². The molecule has 2 heterocycles. The van der Waals surface area contributed by atoms with Crippen molar-refractivity contribution >= 4 is 45.8 Å². The lowest BCUT2D eigenvalue weighted by Crippen LogP contribution is -2.24. The average molecular weight is 484 g/mol. The molecule has 5 rings (SSSR count). The summed E-state index contributed by atoms with van der Waals surface area (Å²) in [5.74, 6) is 0.323. The number of carbonyl (C=O) groups excluding carboxylic acids is 3. The van der Waals surface area contributed by atoms with Gasteiger partial charge in [0.05, 0.1) is 19.2 Å². The number of nitrogens with one attached hydrogen (secondary N) is 2. The lowest BCUT2D eigenvalue weighted by Gasteiger charge is -2.20. The van der Waals surface area contributed by atoms with Gasteiger partial charge in [0.25, 0.3) is 5.91 Å². The number of furan rings is 1. The molecule has 1 aromatic heterocycles. The van der Waals surface area contributed by atoms with Gasteiger partial charge in [-0.15, -0.1) is 0 Å². The highest BCUT2D eigenvalue weighted by Gasteiger charge is 2.25. The van der Waals surface area contributed by atoms with Crippen LogP contribution in [0.5, 0.6) is 5.75 Å². The number of hydrogen-bond acceptors (Lipinski definition) is 5. The third kappa shape index (κ3) is 4.93. The molecule has 36 heavy (non-hydrogen) atoms. The summed E-state index contributed by atoms with van der Waals surface area (Å²) >= 11 is 0. The zero-order valence-electron chi connectivity index (χ0n) is 19.7. The standard InChI is InChI=1S/C28H25N3O5/c1-35-24-13-12-21(17-22(24)31-14-4-7-27(31)33)29-26(32)15-18-8-10-20(11-9-18)30-28(34)25-16-19-5-2-3-6-23(19)36-25/h2-3,5-6,8-13,16-17H,4,7,14-15H2,1H3,(H,29,32)(H,30,34). The molecule has 0 atom stereocenters. The van der Waals surface area contributed by atoms with Gasteiger partial charge in [-0.3, -0.25) is 14.4 Å². The van der Waals surface area contributed by atoms with Gasteiger partial charge in [0.2, 0.25) is 11.8 Å². The number of hydrogen-bond donors (Lipinski definition) is 2. The second kappa shape index (κ2) is 9.95. The maximum atomic E-state index is 12.7. The summed E-state index contributed by atoms with van der Waals surface area (Å²) in [5, 5.41) is 6.56. The van der Waals surface area contributed by atoms with Crippen molar-refractivity contribution in [2.75, 3.05) is 29.2 Å². The topological polar surface area (TPSA) is 101 Å². The van der Waals surface area contributed by atoms with Gasteiger partial charge in [0, 0.05) is 29.7 Å². The molecule has 1 aliphatic heterocycles. The molecule has 1 aliphatic rings. The Kier molecular flexibility index (Phi) is 6.40. The Balaban J connectivity index is 1.21. The highest BCUT2D eigenvalue weighted by Crippen LogP contribution is 2.34. The van der Waals surface area contributed by atoms with Crippen LogP contribution in [0.25, 0.3) is 11.0 Å². The second-order valence-electron chi connectivity index (χ2n) is 8.56. The average Bonchev–Trinajstić information content (AvgIpc) is 3.51. The highest BCUT2D eigenvalue weighted by atomic mass is 16.5. The Labute approximate surface area is 207 Å². The van der Waals surface area contributed by atoms with Crippen molar-refractivity contribution in [2.24, 2.45) is 0 Å². The summed E-state index contributed by atoms with van der Waals surface area (Å²) in [6.45, 7) is 0.631. The Morgan fingerprint density at radius 2 is 1.75 bits per heavy atom. The molecule has 1 fully saturated rings. The maximum absolute atomic E-state index is 12.7. The molecule has 0 aliphatic carbocycles. The summed E-state index contributed by atoms with van der Waals surface area (Å²) in [4.78, 5) is 39.1. The number of anilines is 3. The van der Waals surface area contributed by atoms with E-state index in [-0.39, 0.29) is 29.9 Å². The van der Waals surface area contributed by atoms with Crippen molar-refractivity contribution in [1.29, 1.82) is 0 Å². The molecule has 1 saturated heterocycles. The van der Waals surface area contributed by atoms with Gasteiger partial charge in [0.15, 0.2) is 5.76 Å². The molecule has 0 spiro atoms. The van der Waals surface area contributed by atoms with Gasteiger partial charge in [-0.1, -0.05) is 30.3 Å². The van der Waals surface area contributed by atoms with Crippen molar-refractivity contribution in [3.05, 3.63) is 84.1 Å². The molecule has 0 bridgehead atoms. The van der Waals surface area contributed by atoms with E-state index in [9.17, 15) is 14.4 Å². The van der Waals surface area contributed by atoms with E-state index in [1.165, 1.54) is 0 Å². The normalized spacial score (nSPS) is 13.1. The molecule has 0 unspecified atom stereocenters. The second-order valence-corrected chi connectivity index (χ2v) is 8.56. The molecule has 3 aromatic carbocycles. The van der Waals surface area contributed by atoms with Crippen molar-refractivity contribution in [2.45, 2.75) is 19.3 Å². The number of fused-ring (bicyclic) bond motifs is 1. The number of amides is 3. The number of para-hydroxylation sites is 1. The summed E-state index contributed by atoms with van der Waals surface area (Å²) < 4.78 is 11.0. The van der Waals surface area contributed by atoms with Crippen LogP contribution in [-0.2, 0) is 16.0 Å². The smallest absolute Gasteiger partial charge is 0.291 e. The number of benzene rings is 3. The first-order chi connectivity index (χ1) is 17.5. The van der Waals surface area contributed by atoms with Crippen molar-refractivity contribution in [3.8, 4) is 5.75 Å². The molecule has 2 N–H and O–H groups in total.